The number of likely N-dealkylation sites (N-methyl/N-ethyl adjacent to an activating group) is 1. The number of nitrogens with zero attached hydrogens (tertiary/aromatic N) is 1. The van der Waals surface area contributed by atoms with Crippen LogP contribution >= 0.6 is 0 Å². The minimum atomic E-state index is -0.920. The van der Waals surface area contributed by atoms with Crippen LogP contribution in [0.5, 0.6) is 0 Å². The molecular formula is C42H71NO8. The van der Waals surface area contributed by atoms with E-state index in [2.05, 4.69) is 34.6 Å². The van der Waals surface area contributed by atoms with Gasteiger partial charge in [0.15, 0.2) is 0 Å². The minimum absolute atomic E-state index is 0.000661. The summed E-state index contributed by atoms with van der Waals surface area (Å²) in [6, 6.07) is -0.755. The monoisotopic (exact) mass is 718 g/mol. The van der Waals surface area contributed by atoms with Crippen LogP contribution in [0.3, 0.4) is 0 Å². The lowest BCUT2D eigenvalue weighted by molar-refractivity contribution is -0.223. The molecule has 0 aromatic rings. The number of aliphatic hydroxyl groups is 2. The van der Waals surface area contributed by atoms with Gasteiger partial charge in [-0.3, -0.25) is 4.90 Å². The fourth-order valence-electron chi connectivity index (χ4n) is 14.1. The molecule has 0 aromatic carbocycles. The summed E-state index contributed by atoms with van der Waals surface area (Å²) in [6.45, 7) is 24.7. The molecule has 2 N–H and O–H groups in total. The van der Waals surface area contributed by atoms with E-state index in [1.807, 2.05) is 55.6 Å². The Bertz CT molecular complexity index is 1380. The number of hydrogen-bond donors (Lipinski definition) is 2. The van der Waals surface area contributed by atoms with Gasteiger partial charge in [-0.2, -0.15) is 0 Å². The van der Waals surface area contributed by atoms with Crippen molar-refractivity contribution in [1.82, 2.24) is 4.90 Å². The minimum Gasteiger partial charge on any atom is -0.460 e. The molecule has 9 heteroatoms. The summed E-state index contributed by atoms with van der Waals surface area (Å²) in [5, 5.41) is 22.9. The molecule has 3 unspecified atom stereocenters. The highest BCUT2D eigenvalue weighted by Crippen LogP contribution is 2.89. The molecule has 6 rings (SSSR count). The third kappa shape index (κ3) is 5.65. The number of hydrogen-bond acceptors (Lipinski definition) is 8. The summed E-state index contributed by atoms with van der Waals surface area (Å²) in [4.78, 5) is 28.4. The first-order valence-corrected chi connectivity index (χ1v) is 20.0. The van der Waals surface area contributed by atoms with Crippen LogP contribution in [0.25, 0.3) is 0 Å². The quantitative estimate of drug-likeness (QED) is 0.260. The second-order valence-corrected chi connectivity index (χ2v) is 21.3. The normalized spacial score (nSPS) is 46.3. The first kappa shape index (κ1) is 39.3. The molecule has 6 aliphatic rings. The molecule has 0 aromatic heterocycles. The van der Waals surface area contributed by atoms with Crippen molar-refractivity contribution in [3.05, 3.63) is 0 Å². The predicted molar refractivity (Wildman–Crippen MR) is 196 cm³/mol. The highest BCUT2D eigenvalue weighted by molar-refractivity contribution is 5.82. The first-order valence-electron chi connectivity index (χ1n) is 20.0. The summed E-state index contributed by atoms with van der Waals surface area (Å²) in [7, 11) is 3.48. The van der Waals surface area contributed by atoms with Crippen molar-refractivity contribution in [2.24, 2.45) is 50.7 Å². The largest absolute Gasteiger partial charge is 0.460 e. The van der Waals surface area contributed by atoms with Crippen molar-refractivity contribution in [3.63, 3.8) is 0 Å². The second kappa shape index (κ2) is 12.0. The van der Waals surface area contributed by atoms with E-state index in [-0.39, 0.29) is 69.1 Å². The van der Waals surface area contributed by atoms with Gasteiger partial charge in [-0.15, -0.1) is 0 Å². The van der Waals surface area contributed by atoms with Gasteiger partial charge in [-0.05, 0) is 139 Å². The Morgan fingerprint density at radius 3 is 2.10 bits per heavy atom. The molecule has 0 radical (unpaired) electrons. The summed E-state index contributed by atoms with van der Waals surface area (Å²) in [5.41, 5.74) is -2.36. The van der Waals surface area contributed by atoms with Crippen LogP contribution in [-0.2, 0) is 23.7 Å². The summed E-state index contributed by atoms with van der Waals surface area (Å²) >= 11 is 0. The molecule has 6 fully saturated rings. The topological polar surface area (TPSA) is 115 Å². The molecule has 51 heavy (non-hydrogen) atoms. The summed E-state index contributed by atoms with van der Waals surface area (Å²) in [5.74, 6) is 0.0941. The van der Waals surface area contributed by atoms with Crippen LogP contribution in [0, 0.1) is 50.7 Å². The van der Waals surface area contributed by atoms with E-state index in [0.717, 1.165) is 57.8 Å². The lowest BCUT2D eigenvalue weighted by Crippen LogP contribution is -2.63. The van der Waals surface area contributed by atoms with Crippen molar-refractivity contribution in [1.29, 1.82) is 0 Å². The van der Waals surface area contributed by atoms with Crippen LogP contribution in [-0.4, -0.2) is 88.6 Å². The number of amides is 1. The maximum atomic E-state index is 14.0. The van der Waals surface area contributed by atoms with E-state index in [0.29, 0.717) is 5.92 Å². The number of aliphatic hydroxyl groups excluding tert-OH is 1. The molecule has 2 spiro atoms. The zero-order valence-corrected chi connectivity index (χ0v) is 34.4. The Labute approximate surface area is 308 Å². The SMILES string of the molecule is CO[C@H]1CC2C3(CC[C@]4(C)[C@@H]([C@@]5(C)CC[C@@H](C(C)(C)O)O5)[C@@H](O)C[C@@]24C)CC32CC[C@H](OC(=O)[C@H](C(C)C)N(C)C(=O)OC(C)(C)C)C(C)(C)[C@H]12. The summed E-state index contributed by atoms with van der Waals surface area (Å²) in [6.07, 6.45) is 6.91. The molecule has 1 heterocycles. The second-order valence-electron chi connectivity index (χ2n) is 21.3. The molecule has 1 saturated heterocycles. The van der Waals surface area contributed by atoms with Crippen LogP contribution in [0.15, 0.2) is 0 Å². The zero-order chi connectivity index (χ0) is 38.1. The van der Waals surface area contributed by atoms with Gasteiger partial charge in [0.2, 0.25) is 0 Å². The van der Waals surface area contributed by atoms with E-state index in [9.17, 15) is 19.8 Å². The Morgan fingerprint density at radius 2 is 1.55 bits per heavy atom. The number of carbonyl (C=O) groups is 2. The van der Waals surface area contributed by atoms with E-state index in [4.69, 9.17) is 18.9 Å². The highest BCUT2D eigenvalue weighted by Gasteiger charge is 2.85. The van der Waals surface area contributed by atoms with Gasteiger partial charge in [0, 0.05) is 25.5 Å². The fourth-order valence-corrected chi connectivity index (χ4v) is 14.1. The third-order valence-electron chi connectivity index (χ3n) is 16.2. The molecule has 13 atom stereocenters. The number of fused-ring (bicyclic) bond motifs is 2. The third-order valence-corrected chi connectivity index (χ3v) is 16.2. The Morgan fingerprint density at radius 1 is 0.902 bits per heavy atom. The van der Waals surface area contributed by atoms with Crippen LogP contribution in [0.4, 0.5) is 4.79 Å². The van der Waals surface area contributed by atoms with Crippen molar-refractivity contribution in [3.8, 4) is 0 Å². The molecule has 5 saturated carbocycles. The van der Waals surface area contributed by atoms with Gasteiger partial charge in [-0.25, -0.2) is 9.59 Å². The van der Waals surface area contributed by atoms with Crippen LogP contribution in [0.1, 0.15) is 141 Å². The molecule has 1 amide bonds. The number of carbonyl (C=O) groups excluding carboxylic acids is 2. The van der Waals surface area contributed by atoms with Crippen molar-refractivity contribution >= 4 is 12.1 Å². The van der Waals surface area contributed by atoms with E-state index in [1.165, 1.54) is 4.90 Å². The molecule has 0 bridgehead atoms. The number of esters is 1. The van der Waals surface area contributed by atoms with Crippen molar-refractivity contribution < 1.29 is 38.7 Å². The Kier molecular flexibility index (Phi) is 9.27. The van der Waals surface area contributed by atoms with Crippen LogP contribution < -0.4 is 0 Å². The van der Waals surface area contributed by atoms with Gasteiger partial charge < -0.3 is 29.2 Å². The van der Waals surface area contributed by atoms with Gasteiger partial charge in [0.05, 0.1) is 29.5 Å². The van der Waals surface area contributed by atoms with Gasteiger partial charge in [0.25, 0.3) is 0 Å². The smallest absolute Gasteiger partial charge is 0.410 e. The number of methoxy groups -OCH3 is 1. The maximum Gasteiger partial charge on any atom is 0.410 e. The maximum absolute atomic E-state index is 14.0. The first-order chi connectivity index (χ1) is 23.2. The van der Waals surface area contributed by atoms with Gasteiger partial charge in [0.1, 0.15) is 17.7 Å². The molecule has 9 nitrogen and oxygen atoms in total. The van der Waals surface area contributed by atoms with E-state index in [1.54, 1.807) is 7.05 Å². The molecule has 292 valence electrons. The lowest BCUT2D eigenvalue weighted by atomic mass is 9.41. The van der Waals surface area contributed by atoms with E-state index < -0.39 is 35.0 Å². The Balaban J connectivity index is 1.26. The molecular weight excluding hydrogens is 646 g/mol. The van der Waals surface area contributed by atoms with Crippen molar-refractivity contribution in [2.75, 3.05) is 14.2 Å². The van der Waals surface area contributed by atoms with Crippen molar-refractivity contribution in [2.45, 2.75) is 188 Å². The zero-order valence-electron chi connectivity index (χ0n) is 34.4. The van der Waals surface area contributed by atoms with E-state index >= 15 is 0 Å². The fraction of sp³-hybridized carbons (Fsp3) is 0.952. The van der Waals surface area contributed by atoms with Gasteiger partial charge in [-0.1, -0.05) is 41.5 Å². The number of rotatable bonds is 7. The molecule has 5 aliphatic carbocycles. The standard InChI is InChI=1S/C42H71NO8/c1-24(2)30(43(13)34(46)51-35(3,4)5)33(45)49-28-16-18-42-23-41(42)20-19-38(10)31(40(12)17-15-29(50-40)37(8,9)47)25(44)22-39(38,11)27(41)21-26(48-14)32(42)36(28,6)7/h24-32,44,47H,15-23H2,1-14H3/t25-,26-,27?,28-,29-,30-,31-,32-,38+,39-,40+,41?,42?/m0/s1. The average Bonchev–Trinajstić information content (AvgIpc) is 3.35. The Hall–Kier alpha value is -1.42. The van der Waals surface area contributed by atoms with Gasteiger partial charge >= 0.3 is 12.1 Å². The molecule has 1 aliphatic heterocycles. The summed E-state index contributed by atoms with van der Waals surface area (Å²) < 4.78 is 25.4. The average molecular weight is 718 g/mol. The predicted octanol–water partition coefficient (Wildman–Crippen LogP) is 7.53. The van der Waals surface area contributed by atoms with Crippen LogP contribution in [0.2, 0.25) is 0 Å². The lowest BCUT2D eigenvalue weighted by Gasteiger charge is -2.65. The number of ether oxygens (including phenoxy) is 4. The highest BCUT2D eigenvalue weighted by atomic mass is 16.6.